The van der Waals surface area contributed by atoms with Gasteiger partial charge in [-0.15, -0.1) is 0 Å². The molecule has 8 heavy (non-hydrogen) atoms. The topological polar surface area (TPSA) is 104 Å². The molecule has 0 heterocycles. The van der Waals surface area contributed by atoms with E-state index in [0.29, 0.717) is 0 Å². The number of amides is 1. The van der Waals surface area contributed by atoms with Crippen molar-refractivity contribution in [2.45, 2.75) is 0 Å². The third-order valence-corrected chi connectivity index (χ3v) is 0.649. The third kappa shape index (κ3) is 5.18. The van der Waals surface area contributed by atoms with E-state index in [1.54, 1.807) is 0 Å². The summed E-state index contributed by atoms with van der Waals surface area (Å²) in [5.41, 5.74) is 0. The average molecular weight is 141 g/mol. The molecule has 0 aromatic rings. The first kappa shape index (κ1) is 7.18. The molecule has 1 amide bonds. The van der Waals surface area contributed by atoms with Gasteiger partial charge in [0.2, 0.25) is 0 Å². The van der Waals surface area contributed by atoms with Gasteiger partial charge in [0, 0.05) is 0 Å². The lowest BCUT2D eigenvalue weighted by Crippen LogP contribution is -2.27. The number of hydrogen-bond donors (Lipinski definition) is 3. The Hall–Kier alpha value is -0.820. The summed E-state index contributed by atoms with van der Waals surface area (Å²) in [6, 6.07) is 0. The molecule has 0 aromatic carbocycles. The molecule has 0 fully saturated rings. The molecule has 0 rings (SSSR count). The number of carboxylic acid groups (broad SMARTS) is 1. The molecule has 0 saturated heterocycles. The maximum absolute atomic E-state index is 9.51. The second-order valence-electron chi connectivity index (χ2n) is 0.882. The van der Waals surface area contributed by atoms with Gasteiger partial charge in [-0.2, -0.15) is 13.1 Å². The van der Waals surface area contributed by atoms with E-state index in [9.17, 15) is 13.2 Å². The normalized spacial score (nSPS) is 10.6. The summed E-state index contributed by atoms with van der Waals surface area (Å²) in [4.78, 5) is 9.36. The van der Waals surface area contributed by atoms with E-state index in [4.69, 9.17) is 9.66 Å². The highest BCUT2D eigenvalue weighted by molar-refractivity contribution is 7.84. The van der Waals surface area contributed by atoms with Crippen molar-refractivity contribution in [3.63, 3.8) is 0 Å². The van der Waals surface area contributed by atoms with Gasteiger partial charge in [0.25, 0.3) is 0 Å². The Balaban J connectivity index is 3.95. The van der Waals surface area contributed by atoms with E-state index < -0.39 is 16.4 Å². The van der Waals surface area contributed by atoms with Gasteiger partial charge in [0.15, 0.2) is 0 Å². The number of hydrogen-bond acceptors (Lipinski definition) is 3. The van der Waals surface area contributed by atoms with Crippen molar-refractivity contribution >= 4 is 16.4 Å². The van der Waals surface area contributed by atoms with Crippen LogP contribution in [0.2, 0.25) is 0 Å². The predicted octanol–water partition coefficient (Wildman–Crippen LogP) is -0.943. The molecule has 7 heteroatoms. The van der Waals surface area contributed by atoms with Crippen molar-refractivity contribution in [2.75, 3.05) is 0 Å². The van der Waals surface area contributed by atoms with Crippen molar-refractivity contribution in [2.24, 2.45) is 0 Å². The van der Waals surface area contributed by atoms with Gasteiger partial charge in [-0.05, 0) is 0 Å². The highest BCUT2D eigenvalue weighted by atomic mass is 32.2. The van der Waals surface area contributed by atoms with Gasteiger partial charge in [-0.1, -0.05) is 0 Å². The third-order valence-electron chi connectivity index (χ3n) is 0.216. The Morgan fingerprint density at radius 3 is 1.88 bits per heavy atom. The van der Waals surface area contributed by atoms with Gasteiger partial charge in [-0.3, -0.25) is 4.55 Å². The maximum atomic E-state index is 9.51. The maximum Gasteiger partial charge on any atom is 0.420 e. The van der Waals surface area contributed by atoms with Crippen LogP contribution in [0.4, 0.5) is 4.79 Å². The monoisotopic (exact) mass is 141 g/mol. The molecular formula is CH3NO5S. The molecule has 0 unspecified atom stereocenters. The van der Waals surface area contributed by atoms with Crippen LogP contribution in [0.5, 0.6) is 0 Å². The van der Waals surface area contributed by atoms with Crippen LogP contribution in [0.1, 0.15) is 0 Å². The van der Waals surface area contributed by atoms with Crippen LogP contribution >= 0.6 is 0 Å². The van der Waals surface area contributed by atoms with Crippen LogP contribution in [0.15, 0.2) is 0 Å². The highest BCUT2D eigenvalue weighted by Gasteiger charge is 2.05. The van der Waals surface area contributed by atoms with Gasteiger partial charge in [0.05, 0.1) is 0 Å². The Morgan fingerprint density at radius 2 is 1.88 bits per heavy atom. The lowest BCUT2D eigenvalue weighted by molar-refractivity contribution is 0.200. The fourth-order valence-electron chi connectivity index (χ4n) is 0.110. The Kier molecular flexibility index (Phi) is 1.77. The molecule has 0 saturated carbocycles. The van der Waals surface area contributed by atoms with Crippen molar-refractivity contribution in [1.29, 1.82) is 0 Å². The molecule has 0 aliphatic heterocycles. The zero-order valence-corrected chi connectivity index (χ0v) is 4.34. The van der Waals surface area contributed by atoms with Gasteiger partial charge >= 0.3 is 16.4 Å². The zero-order valence-electron chi connectivity index (χ0n) is 3.53. The predicted molar refractivity (Wildman–Crippen MR) is 22.7 cm³/mol. The molecule has 0 aliphatic rings. The van der Waals surface area contributed by atoms with Crippen molar-refractivity contribution < 1.29 is 22.9 Å². The van der Waals surface area contributed by atoms with Crippen LogP contribution in [-0.4, -0.2) is 24.2 Å². The van der Waals surface area contributed by atoms with Crippen LogP contribution in [0.3, 0.4) is 0 Å². The van der Waals surface area contributed by atoms with Crippen LogP contribution in [0.25, 0.3) is 0 Å². The molecule has 48 valence electrons. The molecule has 3 N–H and O–H groups in total. The Morgan fingerprint density at radius 1 is 1.50 bits per heavy atom. The number of nitrogens with one attached hydrogen (secondary N) is 1. The second-order valence-corrected chi connectivity index (χ2v) is 2.04. The highest BCUT2D eigenvalue weighted by Crippen LogP contribution is 1.69. The summed E-state index contributed by atoms with van der Waals surface area (Å²) in [7, 11) is -4.57. The van der Waals surface area contributed by atoms with E-state index in [1.165, 1.54) is 0 Å². The molecular weight excluding hydrogens is 138 g/mol. The molecule has 6 nitrogen and oxygen atoms in total. The van der Waals surface area contributed by atoms with Crippen LogP contribution < -0.4 is 4.72 Å². The number of carbonyl (C=O) groups is 1. The summed E-state index contributed by atoms with van der Waals surface area (Å²) >= 11 is 0. The van der Waals surface area contributed by atoms with E-state index in [1.807, 2.05) is 0 Å². The molecule has 0 aliphatic carbocycles. The van der Waals surface area contributed by atoms with Crippen molar-refractivity contribution in [1.82, 2.24) is 4.72 Å². The summed E-state index contributed by atoms with van der Waals surface area (Å²) < 4.78 is 27.5. The fraction of sp³-hybridized carbons (Fsp3) is 0. The van der Waals surface area contributed by atoms with Gasteiger partial charge in [-0.25, -0.2) is 4.79 Å². The van der Waals surface area contributed by atoms with Crippen LogP contribution in [0, 0.1) is 0 Å². The molecule has 0 aromatic heterocycles. The summed E-state index contributed by atoms with van der Waals surface area (Å²) in [5.74, 6) is 0. The number of rotatable bonds is 1. The lowest BCUT2D eigenvalue weighted by atomic mass is 11.3. The smallest absolute Gasteiger partial charge is 0.420 e. The Labute approximate surface area is 45.0 Å². The zero-order chi connectivity index (χ0) is 6.78. The van der Waals surface area contributed by atoms with Crippen molar-refractivity contribution in [3.05, 3.63) is 0 Å². The standard InChI is InChI=1S/CH3NO5S/c3-1(4)2-8(5,6)7/h2H,(H,3,4)(H,5,6,7). The van der Waals surface area contributed by atoms with E-state index in [2.05, 4.69) is 0 Å². The van der Waals surface area contributed by atoms with Crippen LogP contribution in [-0.2, 0) is 10.3 Å². The SMILES string of the molecule is O=C(O)NS(=O)(=O)O. The minimum Gasteiger partial charge on any atom is -0.464 e. The summed E-state index contributed by atoms with van der Waals surface area (Å²) in [6.45, 7) is 0. The quantitative estimate of drug-likeness (QED) is 0.409. The molecule has 0 atom stereocenters. The molecule has 0 spiro atoms. The molecule has 0 bridgehead atoms. The largest absolute Gasteiger partial charge is 0.464 e. The summed E-state index contributed by atoms with van der Waals surface area (Å²) in [6.07, 6.45) is -1.81. The van der Waals surface area contributed by atoms with Crippen molar-refractivity contribution in [3.8, 4) is 0 Å². The minimum absolute atomic E-state index is 0.826. The summed E-state index contributed by atoms with van der Waals surface area (Å²) in [5, 5.41) is 7.60. The second kappa shape index (κ2) is 1.97. The van der Waals surface area contributed by atoms with E-state index in [0.717, 1.165) is 4.72 Å². The first-order chi connectivity index (χ1) is 3.42. The lowest BCUT2D eigenvalue weighted by Gasteiger charge is -1.89. The molecule has 0 radical (unpaired) electrons. The van der Waals surface area contributed by atoms with E-state index in [-0.39, 0.29) is 0 Å². The average Bonchev–Trinajstić information content (AvgIpc) is 1.21. The minimum atomic E-state index is -4.57. The van der Waals surface area contributed by atoms with E-state index >= 15 is 0 Å². The first-order valence-electron chi connectivity index (χ1n) is 1.40. The first-order valence-corrected chi connectivity index (χ1v) is 2.84. The fourth-order valence-corrected chi connectivity index (χ4v) is 0.331. The Bertz CT molecular complexity index is 179. The van der Waals surface area contributed by atoms with Gasteiger partial charge < -0.3 is 5.11 Å². The van der Waals surface area contributed by atoms with Gasteiger partial charge in [0.1, 0.15) is 0 Å².